The Kier molecular flexibility index (Phi) is 3.51. The molecule has 0 aromatic heterocycles. The predicted molar refractivity (Wildman–Crippen MR) is 58.8 cm³/mol. The van der Waals surface area contributed by atoms with Crippen molar-refractivity contribution in [1.29, 1.82) is 5.41 Å². The van der Waals surface area contributed by atoms with Crippen LogP contribution >= 0.6 is 0 Å². The van der Waals surface area contributed by atoms with E-state index in [1.165, 1.54) is 17.3 Å². The van der Waals surface area contributed by atoms with Gasteiger partial charge in [-0.1, -0.05) is 6.07 Å². The molecule has 1 aromatic rings. The van der Waals surface area contributed by atoms with Crippen LogP contribution in [0.3, 0.4) is 0 Å². The second-order valence-corrected chi connectivity index (χ2v) is 3.35. The lowest BCUT2D eigenvalue weighted by Gasteiger charge is -2.04. The van der Waals surface area contributed by atoms with Gasteiger partial charge in [0.1, 0.15) is 0 Å². The monoisotopic (exact) mass is 189 g/mol. The average Bonchev–Trinajstić information content (AvgIpc) is 2.14. The van der Waals surface area contributed by atoms with Crippen molar-refractivity contribution in [3.8, 4) is 0 Å². The van der Waals surface area contributed by atoms with Crippen LogP contribution in [0.2, 0.25) is 0 Å². The van der Waals surface area contributed by atoms with Gasteiger partial charge in [-0.15, -0.1) is 0 Å². The molecule has 14 heavy (non-hydrogen) atoms. The minimum atomic E-state index is 0.354. The van der Waals surface area contributed by atoms with Crippen LogP contribution in [0, 0.1) is 26.2 Å². The van der Waals surface area contributed by atoms with Gasteiger partial charge in [0.05, 0.1) is 12.2 Å². The summed E-state index contributed by atoms with van der Waals surface area (Å²) in [7, 11) is 0. The third-order valence-electron chi connectivity index (χ3n) is 2.16. The molecule has 0 aliphatic heterocycles. The highest BCUT2D eigenvalue weighted by Gasteiger charge is 1.99. The topological polar surface area (TPSA) is 48.6 Å². The molecule has 0 bridgehead atoms. The molecule has 0 atom stereocenters. The van der Waals surface area contributed by atoms with Crippen LogP contribution in [-0.2, 0) is 0 Å². The van der Waals surface area contributed by atoms with Gasteiger partial charge in [0.15, 0.2) is 0 Å². The largest absolute Gasteiger partial charge is 0.311 e. The van der Waals surface area contributed by atoms with Crippen molar-refractivity contribution in [3.63, 3.8) is 0 Å². The second-order valence-electron chi connectivity index (χ2n) is 3.35. The second kappa shape index (κ2) is 4.65. The summed E-state index contributed by atoms with van der Waals surface area (Å²) in [5.74, 6) is 0. The van der Waals surface area contributed by atoms with E-state index < -0.39 is 0 Å². The van der Waals surface area contributed by atoms with E-state index in [9.17, 15) is 0 Å². The van der Waals surface area contributed by atoms with Gasteiger partial charge in [-0.25, -0.2) is 0 Å². The molecule has 0 amide bonds. The summed E-state index contributed by atoms with van der Waals surface area (Å²) < 4.78 is 0. The van der Waals surface area contributed by atoms with Gasteiger partial charge < -0.3 is 5.41 Å². The van der Waals surface area contributed by atoms with Crippen LogP contribution in [0.15, 0.2) is 22.4 Å². The Bertz CT molecular complexity index is 367. The molecule has 0 aliphatic carbocycles. The fourth-order valence-corrected chi connectivity index (χ4v) is 1.21. The van der Waals surface area contributed by atoms with Gasteiger partial charge in [0.25, 0.3) is 0 Å². The summed E-state index contributed by atoms with van der Waals surface area (Å²) in [6, 6.07) is 4.13. The molecule has 0 saturated heterocycles. The molecule has 1 rings (SSSR count). The molecule has 0 saturated carbocycles. The summed E-state index contributed by atoms with van der Waals surface area (Å²) in [6.07, 6.45) is 1.24. The Morgan fingerprint density at radius 3 is 2.43 bits per heavy atom. The first-order valence-electron chi connectivity index (χ1n) is 4.59. The SMILES string of the molecule is Cc1cc(C)c(N=NCC=N)cc1C. The van der Waals surface area contributed by atoms with Gasteiger partial charge >= 0.3 is 0 Å². The minimum absolute atomic E-state index is 0.354. The maximum absolute atomic E-state index is 6.82. The molecule has 1 aromatic carbocycles. The van der Waals surface area contributed by atoms with Crippen molar-refractivity contribution in [2.45, 2.75) is 20.8 Å². The van der Waals surface area contributed by atoms with E-state index in [1.54, 1.807) is 0 Å². The van der Waals surface area contributed by atoms with Crippen molar-refractivity contribution in [2.75, 3.05) is 6.54 Å². The zero-order valence-electron chi connectivity index (χ0n) is 8.83. The zero-order chi connectivity index (χ0) is 10.6. The Morgan fingerprint density at radius 2 is 1.79 bits per heavy atom. The molecule has 74 valence electrons. The van der Waals surface area contributed by atoms with Crippen LogP contribution in [0.1, 0.15) is 16.7 Å². The van der Waals surface area contributed by atoms with E-state index in [1.807, 2.05) is 13.0 Å². The lowest BCUT2D eigenvalue weighted by Crippen LogP contribution is -1.83. The number of rotatable bonds is 3. The molecule has 0 heterocycles. The van der Waals surface area contributed by atoms with Gasteiger partial charge in [-0.2, -0.15) is 10.2 Å². The van der Waals surface area contributed by atoms with E-state index >= 15 is 0 Å². The molecule has 0 fully saturated rings. The Hall–Kier alpha value is -1.51. The average molecular weight is 189 g/mol. The lowest BCUT2D eigenvalue weighted by atomic mass is 10.1. The van der Waals surface area contributed by atoms with E-state index in [2.05, 4.69) is 30.1 Å². The van der Waals surface area contributed by atoms with Crippen LogP contribution < -0.4 is 0 Å². The standard InChI is InChI=1S/C11H15N3/c1-8-6-10(3)11(7-9(8)2)14-13-5-4-12/h4,6-7,12H,5H2,1-3H3. The molecular weight excluding hydrogens is 174 g/mol. The smallest absolute Gasteiger partial charge is 0.0948 e. The molecule has 0 unspecified atom stereocenters. The normalized spacial score (nSPS) is 10.8. The van der Waals surface area contributed by atoms with Crippen LogP contribution in [0.4, 0.5) is 5.69 Å². The zero-order valence-corrected chi connectivity index (χ0v) is 8.83. The highest BCUT2D eigenvalue weighted by Crippen LogP contribution is 2.22. The number of hydrogen-bond acceptors (Lipinski definition) is 3. The summed E-state index contributed by atoms with van der Waals surface area (Å²) >= 11 is 0. The number of nitrogens with zero attached hydrogens (tertiary/aromatic N) is 2. The van der Waals surface area contributed by atoms with Crippen LogP contribution in [0.5, 0.6) is 0 Å². The third-order valence-corrected chi connectivity index (χ3v) is 2.16. The number of azo groups is 1. The van der Waals surface area contributed by atoms with Crippen molar-refractivity contribution in [1.82, 2.24) is 0 Å². The van der Waals surface area contributed by atoms with Gasteiger partial charge in [-0.3, -0.25) is 0 Å². The van der Waals surface area contributed by atoms with E-state index in [0.29, 0.717) is 6.54 Å². The van der Waals surface area contributed by atoms with Crippen LogP contribution in [-0.4, -0.2) is 12.8 Å². The van der Waals surface area contributed by atoms with E-state index in [-0.39, 0.29) is 0 Å². The molecule has 0 spiro atoms. The first-order chi connectivity index (χ1) is 6.65. The third kappa shape index (κ3) is 2.49. The summed E-state index contributed by atoms with van der Waals surface area (Å²) in [4.78, 5) is 0. The number of aryl methyl sites for hydroxylation is 3. The van der Waals surface area contributed by atoms with Gasteiger partial charge in [0.2, 0.25) is 0 Å². The highest BCUT2D eigenvalue weighted by atomic mass is 15.1. The summed E-state index contributed by atoms with van der Waals surface area (Å²) in [5, 5.41) is 14.8. The fourth-order valence-electron chi connectivity index (χ4n) is 1.21. The Balaban J connectivity index is 2.97. The number of benzene rings is 1. The van der Waals surface area contributed by atoms with Gasteiger partial charge in [0, 0.05) is 6.21 Å². The molecular formula is C11H15N3. The van der Waals surface area contributed by atoms with E-state index in [0.717, 1.165) is 11.3 Å². The predicted octanol–water partition coefficient (Wildman–Crippen LogP) is 3.35. The number of hydrogen-bond donors (Lipinski definition) is 1. The quantitative estimate of drug-likeness (QED) is 0.560. The fraction of sp³-hybridized carbons (Fsp3) is 0.364. The first kappa shape index (κ1) is 10.6. The highest BCUT2D eigenvalue weighted by molar-refractivity contribution is 5.55. The van der Waals surface area contributed by atoms with Gasteiger partial charge in [-0.05, 0) is 43.5 Å². The number of nitrogens with one attached hydrogen (secondary N) is 1. The maximum atomic E-state index is 6.82. The minimum Gasteiger partial charge on any atom is -0.311 e. The Labute approximate surface area is 84.4 Å². The van der Waals surface area contributed by atoms with E-state index in [4.69, 9.17) is 5.41 Å². The van der Waals surface area contributed by atoms with Crippen molar-refractivity contribution < 1.29 is 0 Å². The Morgan fingerprint density at radius 1 is 1.14 bits per heavy atom. The van der Waals surface area contributed by atoms with Crippen LogP contribution in [0.25, 0.3) is 0 Å². The lowest BCUT2D eigenvalue weighted by molar-refractivity contribution is 1.09. The van der Waals surface area contributed by atoms with Crippen molar-refractivity contribution >= 4 is 11.9 Å². The van der Waals surface area contributed by atoms with Crippen molar-refractivity contribution in [3.05, 3.63) is 28.8 Å². The maximum Gasteiger partial charge on any atom is 0.0948 e. The summed E-state index contributed by atoms with van der Waals surface area (Å²) in [5.41, 5.74) is 4.52. The summed E-state index contributed by atoms with van der Waals surface area (Å²) in [6.45, 7) is 6.52. The van der Waals surface area contributed by atoms with Crippen molar-refractivity contribution in [2.24, 2.45) is 10.2 Å². The first-order valence-corrected chi connectivity index (χ1v) is 4.59. The molecule has 3 heteroatoms. The molecule has 3 nitrogen and oxygen atoms in total. The molecule has 0 radical (unpaired) electrons. The molecule has 0 aliphatic rings. The molecule has 1 N–H and O–H groups in total.